The van der Waals surface area contributed by atoms with Crippen LogP contribution in [0.15, 0.2) is 0 Å². The smallest absolute Gasteiger partial charge is 0.311 e. The van der Waals surface area contributed by atoms with Crippen molar-refractivity contribution in [3.05, 3.63) is 0 Å². The summed E-state index contributed by atoms with van der Waals surface area (Å²) in [4.78, 5) is 19.7. The molecule has 84 valence electrons. The van der Waals surface area contributed by atoms with Gasteiger partial charge in [0.05, 0.1) is 12.5 Å². The highest BCUT2D eigenvalue weighted by Crippen LogP contribution is 1.87. The third-order valence-corrected chi connectivity index (χ3v) is 1.63. The molecule has 0 saturated carbocycles. The molecule has 2 atom stereocenters. The molecule has 0 aliphatic rings. The number of carboxylic acid groups (broad SMARTS) is 2. The Morgan fingerprint density at radius 2 is 1.57 bits per heavy atom. The van der Waals surface area contributed by atoms with E-state index in [-0.39, 0.29) is 12.5 Å². The Hall–Kier alpha value is -1.14. The van der Waals surface area contributed by atoms with Crippen LogP contribution in [-0.4, -0.2) is 35.2 Å². The second-order valence-corrected chi connectivity index (χ2v) is 3.00. The molecular formula is C8H19N2O4+. The summed E-state index contributed by atoms with van der Waals surface area (Å²) in [6, 6.07) is 0. The number of hydrogen-bond donors (Lipinski definition) is 4. The minimum atomic E-state index is -0.831. The number of hydrogen-bond acceptors (Lipinski definition) is 3. The summed E-state index contributed by atoms with van der Waals surface area (Å²) >= 11 is 0. The van der Waals surface area contributed by atoms with Gasteiger partial charge < -0.3 is 21.7 Å². The first-order chi connectivity index (χ1) is 6.36. The van der Waals surface area contributed by atoms with Gasteiger partial charge in [-0.05, 0) is 6.92 Å². The molecule has 6 nitrogen and oxygen atoms in total. The molecule has 7 N–H and O–H groups in total. The Balaban J connectivity index is 0. The SMILES string of the molecule is CC(CN)C(=O)O.CC(C[NH3+])C(=O)O. The number of quaternary nitrogens is 1. The molecule has 6 heteroatoms. The zero-order valence-electron chi connectivity index (χ0n) is 8.56. The maximum atomic E-state index is 9.89. The quantitative estimate of drug-likeness (QED) is 0.451. The van der Waals surface area contributed by atoms with Crippen molar-refractivity contribution in [1.82, 2.24) is 0 Å². The highest BCUT2D eigenvalue weighted by molar-refractivity contribution is 5.69. The van der Waals surface area contributed by atoms with Crippen LogP contribution in [0.2, 0.25) is 0 Å². The lowest BCUT2D eigenvalue weighted by Crippen LogP contribution is -2.54. The van der Waals surface area contributed by atoms with Crippen LogP contribution in [0.1, 0.15) is 13.8 Å². The lowest BCUT2D eigenvalue weighted by Gasteiger charge is -1.96. The van der Waals surface area contributed by atoms with Gasteiger partial charge in [0.2, 0.25) is 0 Å². The first kappa shape index (κ1) is 15.3. The average Bonchev–Trinajstić information content (AvgIpc) is 2.15. The normalized spacial score (nSPS) is 13.4. The Morgan fingerprint density at radius 3 is 1.57 bits per heavy atom. The second kappa shape index (κ2) is 8.46. The molecule has 0 bridgehead atoms. The van der Waals surface area contributed by atoms with Crippen LogP contribution in [0.5, 0.6) is 0 Å². The zero-order chi connectivity index (χ0) is 11.7. The maximum Gasteiger partial charge on any atom is 0.311 e. The van der Waals surface area contributed by atoms with E-state index in [2.05, 4.69) is 5.73 Å². The van der Waals surface area contributed by atoms with E-state index >= 15 is 0 Å². The van der Waals surface area contributed by atoms with Crippen LogP contribution in [0.4, 0.5) is 0 Å². The molecular weight excluding hydrogens is 188 g/mol. The van der Waals surface area contributed by atoms with Gasteiger partial charge in [-0.2, -0.15) is 0 Å². The van der Waals surface area contributed by atoms with Crippen LogP contribution in [0.3, 0.4) is 0 Å². The summed E-state index contributed by atoms with van der Waals surface area (Å²) < 4.78 is 0. The number of aliphatic carboxylic acids is 2. The van der Waals surface area contributed by atoms with Crippen molar-refractivity contribution in [2.75, 3.05) is 13.1 Å². The van der Waals surface area contributed by atoms with Gasteiger partial charge in [0.15, 0.2) is 0 Å². The van der Waals surface area contributed by atoms with E-state index in [9.17, 15) is 9.59 Å². The molecule has 0 rings (SSSR count). The van der Waals surface area contributed by atoms with Crippen molar-refractivity contribution in [1.29, 1.82) is 0 Å². The fraction of sp³-hybridized carbons (Fsp3) is 0.750. The maximum absolute atomic E-state index is 9.89. The third-order valence-electron chi connectivity index (χ3n) is 1.63. The molecule has 0 spiro atoms. The van der Waals surface area contributed by atoms with Crippen molar-refractivity contribution < 1.29 is 25.5 Å². The predicted octanol–water partition coefficient (Wildman–Crippen LogP) is -1.39. The van der Waals surface area contributed by atoms with Crippen LogP contribution in [-0.2, 0) is 9.59 Å². The zero-order valence-corrected chi connectivity index (χ0v) is 8.56. The van der Waals surface area contributed by atoms with Crippen LogP contribution < -0.4 is 11.5 Å². The van der Waals surface area contributed by atoms with Gasteiger partial charge in [-0.3, -0.25) is 9.59 Å². The highest BCUT2D eigenvalue weighted by Gasteiger charge is 2.08. The summed E-state index contributed by atoms with van der Waals surface area (Å²) in [5.41, 5.74) is 8.42. The topological polar surface area (TPSA) is 128 Å². The molecule has 14 heavy (non-hydrogen) atoms. The summed E-state index contributed by atoms with van der Waals surface area (Å²) in [7, 11) is 0. The molecule has 0 aromatic rings. The molecule has 0 fully saturated rings. The first-order valence-electron chi connectivity index (χ1n) is 4.31. The summed E-state index contributed by atoms with van der Waals surface area (Å²) in [5, 5.41) is 16.2. The molecule has 0 aromatic heterocycles. The van der Waals surface area contributed by atoms with Crippen molar-refractivity contribution in [2.24, 2.45) is 17.6 Å². The molecule has 0 aromatic carbocycles. The van der Waals surface area contributed by atoms with Gasteiger partial charge in [0, 0.05) is 6.54 Å². The molecule has 0 amide bonds. The van der Waals surface area contributed by atoms with E-state index in [0.29, 0.717) is 6.54 Å². The first-order valence-corrected chi connectivity index (χ1v) is 4.31. The Kier molecular flexibility index (Phi) is 9.27. The Labute approximate surface area is 82.9 Å². The van der Waals surface area contributed by atoms with Crippen molar-refractivity contribution >= 4 is 11.9 Å². The van der Waals surface area contributed by atoms with E-state index < -0.39 is 17.9 Å². The number of carboxylic acids is 2. The third kappa shape index (κ3) is 8.95. The van der Waals surface area contributed by atoms with Crippen LogP contribution in [0, 0.1) is 11.8 Å². The van der Waals surface area contributed by atoms with Crippen molar-refractivity contribution in [3.63, 3.8) is 0 Å². The van der Waals surface area contributed by atoms with E-state index in [0.717, 1.165) is 0 Å². The monoisotopic (exact) mass is 207 g/mol. The number of rotatable bonds is 4. The van der Waals surface area contributed by atoms with Crippen LogP contribution >= 0.6 is 0 Å². The highest BCUT2D eigenvalue weighted by atomic mass is 16.4. The minimum Gasteiger partial charge on any atom is -0.481 e. The summed E-state index contributed by atoms with van der Waals surface area (Å²) in [5.74, 6) is -2.29. The van der Waals surface area contributed by atoms with Gasteiger partial charge in [-0.1, -0.05) is 6.92 Å². The van der Waals surface area contributed by atoms with Gasteiger partial charge in [0.1, 0.15) is 5.92 Å². The van der Waals surface area contributed by atoms with Crippen molar-refractivity contribution in [3.8, 4) is 0 Å². The molecule has 0 saturated heterocycles. The Bertz CT molecular complexity index is 164. The fourth-order valence-corrected chi connectivity index (χ4v) is 0.224. The van der Waals surface area contributed by atoms with Crippen molar-refractivity contribution in [2.45, 2.75) is 13.8 Å². The van der Waals surface area contributed by atoms with E-state index in [1.165, 1.54) is 0 Å². The summed E-state index contributed by atoms with van der Waals surface area (Å²) in [6.45, 7) is 3.89. The van der Waals surface area contributed by atoms with Gasteiger partial charge in [-0.25, -0.2) is 0 Å². The van der Waals surface area contributed by atoms with E-state index in [1.807, 2.05) is 0 Å². The molecule has 2 unspecified atom stereocenters. The van der Waals surface area contributed by atoms with E-state index in [1.54, 1.807) is 13.8 Å². The lowest BCUT2D eigenvalue weighted by atomic mass is 10.2. The minimum absolute atomic E-state index is 0.218. The predicted molar refractivity (Wildman–Crippen MR) is 50.4 cm³/mol. The molecule has 0 aliphatic heterocycles. The largest absolute Gasteiger partial charge is 0.481 e. The molecule has 0 aliphatic carbocycles. The van der Waals surface area contributed by atoms with Gasteiger partial charge >= 0.3 is 11.9 Å². The fourth-order valence-electron chi connectivity index (χ4n) is 0.224. The van der Waals surface area contributed by atoms with Gasteiger partial charge in [0.25, 0.3) is 0 Å². The van der Waals surface area contributed by atoms with Gasteiger partial charge in [-0.15, -0.1) is 0 Å². The molecule has 0 heterocycles. The Morgan fingerprint density at radius 1 is 1.21 bits per heavy atom. The number of nitrogens with two attached hydrogens (primary N) is 1. The molecule has 0 radical (unpaired) electrons. The van der Waals surface area contributed by atoms with E-state index in [4.69, 9.17) is 15.9 Å². The average molecular weight is 207 g/mol. The second-order valence-electron chi connectivity index (χ2n) is 3.00. The lowest BCUT2D eigenvalue weighted by molar-refractivity contribution is -0.375. The summed E-state index contributed by atoms with van der Waals surface area (Å²) in [6.07, 6.45) is 0. The standard InChI is InChI=1S/2C4H9NO2/c2*1-3(2-5)4(6)7/h2*3H,2,5H2,1H3,(H,6,7)/p+1. The number of carbonyl (C=O) groups is 2. The van der Waals surface area contributed by atoms with Crippen LogP contribution in [0.25, 0.3) is 0 Å².